The molecule has 23 heavy (non-hydrogen) atoms. The van der Waals surface area contributed by atoms with Gasteiger partial charge < -0.3 is 16.0 Å². The Kier molecular flexibility index (Phi) is 6.90. The SMILES string of the molecule is Cc1cc(C)cc(NC(N)=NCCCCN2CCCCC2C)c1. The van der Waals surface area contributed by atoms with Crippen LogP contribution in [0, 0.1) is 13.8 Å². The zero-order valence-corrected chi connectivity index (χ0v) is 14.9. The Morgan fingerprint density at radius 3 is 2.65 bits per heavy atom. The van der Waals surface area contributed by atoms with Crippen molar-refractivity contribution >= 4 is 11.6 Å². The van der Waals surface area contributed by atoms with E-state index in [2.05, 4.69) is 54.2 Å². The molecular formula is C19H32N4. The van der Waals surface area contributed by atoms with E-state index in [1.54, 1.807) is 0 Å². The van der Waals surface area contributed by atoms with E-state index < -0.39 is 0 Å². The van der Waals surface area contributed by atoms with E-state index in [-0.39, 0.29) is 0 Å². The Hall–Kier alpha value is -1.55. The van der Waals surface area contributed by atoms with Crippen LogP contribution in [0.2, 0.25) is 0 Å². The zero-order chi connectivity index (χ0) is 16.7. The van der Waals surface area contributed by atoms with Crippen molar-refractivity contribution in [3.05, 3.63) is 29.3 Å². The molecule has 0 aliphatic carbocycles. The third-order valence-corrected chi connectivity index (χ3v) is 4.57. The average molecular weight is 316 g/mol. The minimum atomic E-state index is 0.515. The molecule has 0 saturated carbocycles. The van der Waals surface area contributed by atoms with Gasteiger partial charge in [0.15, 0.2) is 5.96 Å². The van der Waals surface area contributed by atoms with Gasteiger partial charge in [0.05, 0.1) is 0 Å². The lowest BCUT2D eigenvalue weighted by Crippen LogP contribution is -2.38. The Morgan fingerprint density at radius 2 is 1.96 bits per heavy atom. The van der Waals surface area contributed by atoms with E-state index in [0.717, 1.165) is 24.7 Å². The number of nitrogens with two attached hydrogens (primary N) is 1. The first-order valence-corrected chi connectivity index (χ1v) is 8.94. The molecule has 1 unspecified atom stereocenters. The number of aliphatic imine (C=N–C) groups is 1. The smallest absolute Gasteiger partial charge is 0.193 e. The molecular weight excluding hydrogens is 284 g/mol. The summed E-state index contributed by atoms with van der Waals surface area (Å²) in [5, 5.41) is 3.19. The van der Waals surface area contributed by atoms with Crippen LogP contribution in [0.3, 0.4) is 0 Å². The van der Waals surface area contributed by atoms with Crippen molar-refractivity contribution in [2.24, 2.45) is 10.7 Å². The summed E-state index contributed by atoms with van der Waals surface area (Å²) in [5.74, 6) is 0.515. The van der Waals surface area contributed by atoms with Gasteiger partial charge in [0.2, 0.25) is 0 Å². The van der Waals surface area contributed by atoms with Crippen LogP contribution in [0.15, 0.2) is 23.2 Å². The van der Waals surface area contributed by atoms with Crippen LogP contribution >= 0.6 is 0 Å². The van der Waals surface area contributed by atoms with Crippen LogP contribution in [0.5, 0.6) is 0 Å². The molecule has 0 amide bonds. The minimum Gasteiger partial charge on any atom is -0.370 e. The van der Waals surface area contributed by atoms with Gasteiger partial charge in [0.25, 0.3) is 0 Å². The minimum absolute atomic E-state index is 0.515. The average Bonchev–Trinajstić information content (AvgIpc) is 2.47. The molecule has 0 bridgehead atoms. The van der Waals surface area contributed by atoms with Crippen molar-refractivity contribution in [3.8, 4) is 0 Å². The van der Waals surface area contributed by atoms with E-state index in [0.29, 0.717) is 5.96 Å². The third-order valence-electron chi connectivity index (χ3n) is 4.57. The number of unbranched alkanes of at least 4 members (excludes halogenated alkanes) is 1. The third kappa shape index (κ3) is 6.22. The Bertz CT molecular complexity index is 504. The van der Waals surface area contributed by atoms with Gasteiger partial charge in [-0.1, -0.05) is 12.5 Å². The first-order chi connectivity index (χ1) is 11.0. The van der Waals surface area contributed by atoms with Crippen LogP contribution in [-0.4, -0.2) is 36.5 Å². The maximum absolute atomic E-state index is 5.98. The molecule has 1 aromatic rings. The summed E-state index contributed by atoms with van der Waals surface area (Å²) in [6.45, 7) is 9.79. The van der Waals surface area contributed by atoms with E-state index in [4.69, 9.17) is 5.73 Å². The summed E-state index contributed by atoms with van der Waals surface area (Å²) in [4.78, 5) is 7.06. The predicted molar refractivity (Wildman–Crippen MR) is 100 cm³/mol. The van der Waals surface area contributed by atoms with E-state index in [1.807, 2.05) is 0 Å². The van der Waals surface area contributed by atoms with Crippen LogP contribution in [0.1, 0.15) is 50.2 Å². The van der Waals surface area contributed by atoms with Crippen LogP contribution in [-0.2, 0) is 0 Å². The number of guanidine groups is 1. The van der Waals surface area contributed by atoms with E-state index in [9.17, 15) is 0 Å². The summed E-state index contributed by atoms with van der Waals surface area (Å²) in [7, 11) is 0. The summed E-state index contributed by atoms with van der Waals surface area (Å²) in [6, 6.07) is 7.09. The number of aryl methyl sites for hydroxylation is 2. The number of rotatable bonds is 6. The molecule has 1 heterocycles. The molecule has 0 spiro atoms. The van der Waals surface area contributed by atoms with E-state index in [1.165, 1.54) is 49.9 Å². The van der Waals surface area contributed by atoms with Gasteiger partial charge in [-0.3, -0.25) is 4.99 Å². The highest BCUT2D eigenvalue weighted by Gasteiger charge is 2.16. The number of likely N-dealkylation sites (tertiary alicyclic amines) is 1. The van der Waals surface area contributed by atoms with Crippen molar-refractivity contribution in [1.29, 1.82) is 0 Å². The molecule has 128 valence electrons. The Labute approximate surface area is 141 Å². The van der Waals surface area contributed by atoms with Gasteiger partial charge in [0.1, 0.15) is 0 Å². The fourth-order valence-electron chi connectivity index (χ4n) is 3.35. The second-order valence-electron chi connectivity index (χ2n) is 6.86. The van der Waals surface area contributed by atoms with Crippen molar-refractivity contribution in [2.75, 3.05) is 25.0 Å². The summed E-state index contributed by atoms with van der Waals surface area (Å²) in [5.41, 5.74) is 9.47. The normalized spacial score (nSPS) is 19.8. The fraction of sp³-hybridized carbons (Fsp3) is 0.632. The highest BCUT2D eigenvalue weighted by atomic mass is 15.2. The standard InChI is InChI=1S/C19H32N4/c1-15-12-16(2)14-18(13-15)22-19(20)21-9-5-7-11-23-10-6-4-8-17(23)3/h12-14,17H,4-11H2,1-3H3,(H3,20,21,22). The summed E-state index contributed by atoms with van der Waals surface area (Å²) >= 11 is 0. The second-order valence-corrected chi connectivity index (χ2v) is 6.86. The van der Waals surface area contributed by atoms with Gasteiger partial charge in [0, 0.05) is 18.3 Å². The van der Waals surface area contributed by atoms with Crippen LogP contribution in [0.25, 0.3) is 0 Å². The lowest BCUT2D eigenvalue weighted by atomic mass is 10.0. The maximum Gasteiger partial charge on any atom is 0.193 e. The number of nitrogens with zero attached hydrogens (tertiary/aromatic N) is 2. The number of benzene rings is 1. The molecule has 4 heteroatoms. The van der Waals surface area contributed by atoms with Gasteiger partial charge in [-0.25, -0.2) is 0 Å². The molecule has 3 N–H and O–H groups in total. The number of piperidine rings is 1. The molecule has 2 rings (SSSR count). The maximum atomic E-state index is 5.98. The van der Waals surface area contributed by atoms with E-state index >= 15 is 0 Å². The highest BCUT2D eigenvalue weighted by molar-refractivity contribution is 5.92. The molecule has 1 fully saturated rings. The molecule has 1 aromatic carbocycles. The largest absolute Gasteiger partial charge is 0.370 e. The zero-order valence-electron chi connectivity index (χ0n) is 14.9. The first kappa shape index (κ1) is 17.8. The predicted octanol–water partition coefficient (Wildman–Crippen LogP) is 3.68. The van der Waals surface area contributed by atoms with Crippen molar-refractivity contribution < 1.29 is 0 Å². The molecule has 0 radical (unpaired) electrons. The summed E-state index contributed by atoms with van der Waals surface area (Å²) < 4.78 is 0. The first-order valence-electron chi connectivity index (χ1n) is 8.94. The number of nitrogens with one attached hydrogen (secondary N) is 1. The second kappa shape index (κ2) is 8.92. The van der Waals surface area contributed by atoms with Gasteiger partial charge >= 0.3 is 0 Å². The van der Waals surface area contributed by atoms with Crippen molar-refractivity contribution in [2.45, 2.75) is 58.9 Å². The molecule has 4 nitrogen and oxygen atoms in total. The number of anilines is 1. The number of hydrogen-bond acceptors (Lipinski definition) is 2. The Balaban J connectivity index is 1.68. The van der Waals surface area contributed by atoms with Crippen molar-refractivity contribution in [1.82, 2.24) is 4.90 Å². The number of hydrogen-bond donors (Lipinski definition) is 2. The molecule has 1 aliphatic heterocycles. The molecule has 1 aliphatic rings. The summed E-state index contributed by atoms with van der Waals surface area (Å²) in [6.07, 6.45) is 6.39. The lowest BCUT2D eigenvalue weighted by molar-refractivity contribution is 0.158. The van der Waals surface area contributed by atoms with Gasteiger partial charge in [-0.15, -0.1) is 0 Å². The highest BCUT2D eigenvalue weighted by Crippen LogP contribution is 2.16. The topological polar surface area (TPSA) is 53.6 Å². The van der Waals surface area contributed by atoms with Crippen LogP contribution in [0.4, 0.5) is 5.69 Å². The molecule has 1 saturated heterocycles. The molecule has 0 aromatic heterocycles. The fourth-order valence-corrected chi connectivity index (χ4v) is 3.35. The van der Waals surface area contributed by atoms with Crippen LogP contribution < -0.4 is 11.1 Å². The van der Waals surface area contributed by atoms with Crippen molar-refractivity contribution in [3.63, 3.8) is 0 Å². The quantitative estimate of drug-likeness (QED) is 0.478. The van der Waals surface area contributed by atoms with Gasteiger partial charge in [-0.2, -0.15) is 0 Å². The van der Waals surface area contributed by atoms with Gasteiger partial charge in [-0.05, 0) is 82.8 Å². The molecule has 1 atom stereocenters. The monoisotopic (exact) mass is 316 g/mol. The Morgan fingerprint density at radius 1 is 1.22 bits per heavy atom. The lowest BCUT2D eigenvalue weighted by Gasteiger charge is -2.33.